The van der Waals surface area contributed by atoms with E-state index in [4.69, 9.17) is 4.42 Å². The highest BCUT2D eigenvalue weighted by molar-refractivity contribution is 5.91. The number of imidazole rings is 1. The summed E-state index contributed by atoms with van der Waals surface area (Å²) in [6.45, 7) is 1.73. The van der Waals surface area contributed by atoms with E-state index in [0.717, 1.165) is 6.07 Å². The molecule has 2 aromatic heterocycles. The van der Waals surface area contributed by atoms with Crippen molar-refractivity contribution in [2.75, 3.05) is 0 Å². The van der Waals surface area contributed by atoms with Gasteiger partial charge in [-0.25, -0.2) is 4.98 Å². The number of H-pyrrole nitrogens is 1. The Kier molecular flexibility index (Phi) is 3.09. The minimum atomic E-state index is -0.702. The fourth-order valence-corrected chi connectivity index (χ4v) is 1.40. The first-order valence-electron chi connectivity index (χ1n) is 5.12. The molecule has 1 atom stereocenters. The van der Waals surface area contributed by atoms with Gasteiger partial charge in [0, 0.05) is 12.4 Å². The summed E-state index contributed by atoms with van der Waals surface area (Å²) >= 11 is 0. The molecule has 94 valence electrons. The first-order valence-corrected chi connectivity index (χ1v) is 5.12. The van der Waals surface area contributed by atoms with Crippen LogP contribution in [0.4, 0.5) is 5.88 Å². The van der Waals surface area contributed by atoms with Gasteiger partial charge < -0.3 is 14.7 Å². The van der Waals surface area contributed by atoms with Crippen LogP contribution in [0.3, 0.4) is 0 Å². The van der Waals surface area contributed by atoms with Crippen molar-refractivity contribution < 1.29 is 14.1 Å². The molecule has 0 aliphatic carbocycles. The summed E-state index contributed by atoms with van der Waals surface area (Å²) in [6.07, 6.45) is 3.20. The predicted octanol–water partition coefficient (Wildman–Crippen LogP) is 1.40. The number of nitro groups is 1. The molecule has 0 saturated heterocycles. The van der Waals surface area contributed by atoms with Crippen LogP contribution in [0.15, 0.2) is 28.9 Å². The third kappa shape index (κ3) is 2.37. The molecule has 8 nitrogen and oxygen atoms in total. The molecule has 18 heavy (non-hydrogen) atoms. The molecule has 0 aliphatic rings. The van der Waals surface area contributed by atoms with E-state index in [-0.39, 0.29) is 11.8 Å². The Morgan fingerprint density at radius 3 is 2.94 bits per heavy atom. The second-order valence-electron chi connectivity index (χ2n) is 3.56. The van der Waals surface area contributed by atoms with Crippen LogP contribution in [0.2, 0.25) is 0 Å². The van der Waals surface area contributed by atoms with Gasteiger partial charge in [-0.15, -0.1) is 0 Å². The molecule has 0 bridgehead atoms. The molecule has 0 aliphatic heterocycles. The van der Waals surface area contributed by atoms with Crippen LogP contribution in [0.5, 0.6) is 0 Å². The maximum absolute atomic E-state index is 11.7. The minimum absolute atomic E-state index is 0.111. The van der Waals surface area contributed by atoms with Gasteiger partial charge >= 0.3 is 5.88 Å². The lowest BCUT2D eigenvalue weighted by Crippen LogP contribution is -2.26. The second-order valence-corrected chi connectivity index (χ2v) is 3.56. The van der Waals surface area contributed by atoms with Gasteiger partial charge in [-0.2, -0.15) is 0 Å². The van der Waals surface area contributed by atoms with E-state index in [9.17, 15) is 14.9 Å². The van der Waals surface area contributed by atoms with Crippen molar-refractivity contribution in [3.63, 3.8) is 0 Å². The fourth-order valence-electron chi connectivity index (χ4n) is 1.40. The molecule has 2 N–H and O–H groups in total. The van der Waals surface area contributed by atoms with E-state index in [0.29, 0.717) is 5.82 Å². The van der Waals surface area contributed by atoms with E-state index < -0.39 is 16.7 Å². The zero-order chi connectivity index (χ0) is 13.1. The maximum atomic E-state index is 11.7. The van der Waals surface area contributed by atoms with E-state index in [2.05, 4.69) is 15.3 Å². The van der Waals surface area contributed by atoms with Crippen LogP contribution in [-0.4, -0.2) is 20.8 Å². The van der Waals surface area contributed by atoms with Gasteiger partial charge in [-0.05, 0) is 13.0 Å². The normalized spacial score (nSPS) is 12.1. The summed E-state index contributed by atoms with van der Waals surface area (Å²) in [4.78, 5) is 28.3. The molecule has 8 heteroatoms. The lowest BCUT2D eigenvalue weighted by atomic mass is 10.3. The summed E-state index contributed by atoms with van der Waals surface area (Å²) in [5, 5.41) is 13.0. The Balaban J connectivity index is 2.05. The van der Waals surface area contributed by atoms with Crippen LogP contribution in [0.25, 0.3) is 0 Å². The molecule has 0 radical (unpaired) electrons. The van der Waals surface area contributed by atoms with E-state index in [1.54, 1.807) is 19.3 Å². The first kappa shape index (κ1) is 11.8. The fraction of sp³-hybridized carbons (Fsp3) is 0.200. The number of carbonyl (C=O) groups excluding carboxylic acids is 1. The molecule has 0 fully saturated rings. The molecule has 0 saturated carbocycles. The molecule has 2 heterocycles. The molecule has 0 aromatic carbocycles. The van der Waals surface area contributed by atoms with Crippen molar-refractivity contribution in [2.24, 2.45) is 0 Å². The van der Waals surface area contributed by atoms with E-state index in [1.165, 1.54) is 6.07 Å². The number of carbonyl (C=O) groups is 1. The van der Waals surface area contributed by atoms with Crippen molar-refractivity contribution in [3.8, 4) is 0 Å². The average molecular weight is 250 g/mol. The number of amides is 1. The largest absolute Gasteiger partial charge is 0.433 e. The molecular weight excluding hydrogens is 240 g/mol. The van der Waals surface area contributed by atoms with E-state index in [1.807, 2.05) is 0 Å². The molecule has 1 amide bonds. The molecule has 2 aromatic rings. The highest BCUT2D eigenvalue weighted by atomic mass is 16.6. The SMILES string of the molecule is CC(NC(=O)c1ccc([N+](=O)[O-])o1)c1ncc[nH]1. The van der Waals surface area contributed by atoms with Gasteiger partial charge in [0.15, 0.2) is 5.76 Å². The van der Waals surface area contributed by atoms with Crippen LogP contribution < -0.4 is 5.32 Å². The Bertz CT molecular complexity index is 560. The number of rotatable bonds is 4. The highest BCUT2D eigenvalue weighted by Gasteiger charge is 2.19. The standard InChI is InChI=1S/C10H10N4O4/c1-6(9-11-4-5-12-9)13-10(15)7-2-3-8(18-7)14(16)17/h2-6H,1H3,(H,11,12)(H,13,15). The van der Waals surface area contributed by atoms with Crippen molar-refractivity contribution in [1.82, 2.24) is 15.3 Å². The number of nitrogens with one attached hydrogen (secondary N) is 2. The Labute approximate surface area is 101 Å². The van der Waals surface area contributed by atoms with Gasteiger partial charge in [0.2, 0.25) is 0 Å². The zero-order valence-corrected chi connectivity index (χ0v) is 9.41. The van der Waals surface area contributed by atoms with Crippen LogP contribution in [0, 0.1) is 10.1 Å². The molecule has 0 spiro atoms. The number of hydrogen-bond acceptors (Lipinski definition) is 5. The number of nitrogens with zero attached hydrogens (tertiary/aromatic N) is 2. The Hall–Kier alpha value is -2.64. The van der Waals surface area contributed by atoms with Crippen LogP contribution in [0.1, 0.15) is 29.3 Å². The summed E-state index contributed by atoms with van der Waals surface area (Å²) in [5.41, 5.74) is 0. The number of furan rings is 1. The second kappa shape index (κ2) is 4.70. The monoisotopic (exact) mass is 250 g/mol. The van der Waals surface area contributed by atoms with Gasteiger partial charge in [-0.1, -0.05) is 0 Å². The zero-order valence-electron chi connectivity index (χ0n) is 9.41. The number of aromatic amines is 1. The topological polar surface area (TPSA) is 114 Å². The lowest BCUT2D eigenvalue weighted by molar-refractivity contribution is -0.402. The average Bonchev–Trinajstić information content (AvgIpc) is 3.00. The minimum Gasteiger partial charge on any atom is -0.395 e. The highest BCUT2D eigenvalue weighted by Crippen LogP contribution is 2.16. The van der Waals surface area contributed by atoms with E-state index >= 15 is 0 Å². The molecule has 2 rings (SSSR count). The van der Waals surface area contributed by atoms with Gasteiger partial charge in [0.05, 0.1) is 12.1 Å². The van der Waals surface area contributed by atoms with Crippen molar-refractivity contribution in [1.29, 1.82) is 0 Å². The maximum Gasteiger partial charge on any atom is 0.433 e. The smallest absolute Gasteiger partial charge is 0.395 e. The third-order valence-corrected chi connectivity index (χ3v) is 2.27. The van der Waals surface area contributed by atoms with Gasteiger partial charge in [0.1, 0.15) is 10.7 Å². The predicted molar refractivity (Wildman–Crippen MR) is 59.8 cm³/mol. The van der Waals surface area contributed by atoms with Crippen molar-refractivity contribution >= 4 is 11.8 Å². The lowest BCUT2D eigenvalue weighted by Gasteiger charge is -2.09. The molecule has 1 unspecified atom stereocenters. The van der Waals surface area contributed by atoms with Crippen molar-refractivity contribution in [3.05, 3.63) is 46.2 Å². The molecular formula is C10H10N4O4. The summed E-state index contributed by atoms with van der Waals surface area (Å²) in [7, 11) is 0. The third-order valence-electron chi connectivity index (χ3n) is 2.27. The first-order chi connectivity index (χ1) is 8.58. The number of hydrogen-bond donors (Lipinski definition) is 2. The van der Waals surface area contributed by atoms with Gasteiger partial charge in [0.25, 0.3) is 5.91 Å². The number of aromatic nitrogens is 2. The van der Waals surface area contributed by atoms with Crippen molar-refractivity contribution in [2.45, 2.75) is 13.0 Å². The summed E-state index contributed by atoms with van der Waals surface area (Å²) in [5.74, 6) is -0.526. The quantitative estimate of drug-likeness (QED) is 0.628. The summed E-state index contributed by atoms with van der Waals surface area (Å²) in [6, 6.07) is 2.03. The van der Waals surface area contributed by atoms with Gasteiger partial charge in [-0.3, -0.25) is 14.9 Å². The Morgan fingerprint density at radius 2 is 2.39 bits per heavy atom. The summed E-state index contributed by atoms with van der Waals surface area (Å²) < 4.78 is 4.78. The van der Waals surface area contributed by atoms with Crippen LogP contribution >= 0.6 is 0 Å². The van der Waals surface area contributed by atoms with Crippen LogP contribution in [-0.2, 0) is 0 Å². The Morgan fingerprint density at radius 1 is 1.61 bits per heavy atom.